The summed E-state index contributed by atoms with van der Waals surface area (Å²) in [6.07, 6.45) is 0.481. The fourth-order valence-corrected chi connectivity index (χ4v) is 2.35. The van der Waals surface area contributed by atoms with E-state index in [2.05, 4.69) is 4.90 Å². The van der Waals surface area contributed by atoms with Crippen molar-refractivity contribution in [3.05, 3.63) is 23.7 Å². The lowest BCUT2D eigenvalue weighted by atomic mass is 10.2. The van der Waals surface area contributed by atoms with E-state index >= 15 is 0 Å². The predicted octanol–water partition coefficient (Wildman–Crippen LogP) is 0.981. The van der Waals surface area contributed by atoms with Gasteiger partial charge in [0.15, 0.2) is 5.76 Å². The van der Waals surface area contributed by atoms with Crippen molar-refractivity contribution in [2.24, 2.45) is 0 Å². The highest BCUT2D eigenvalue weighted by atomic mass is 16.4. The lowest BCUT2D eigenvalue weighted by Crippen LogP contribution is -2.50. The van der Waals surface area contributed by atoms with Gasteiger partial charge in [-0.1, -0.05) is 6.92 Å². The highest BCUT2D eigenvalue weighted by Crippen LogP contribution is 2.13. The molecule has 0 aliphatic carbocycles. The third kappa shape index (κ3) is 3.58. The summed E-state index contributed by atoms with van der Waals surface area (Å²) in [7, 11) is 0. The van der Waals surface area contributed by atoms with Crippen LogP contribution in [0.15, 0.2) is 16.5 Å². The zero-order chi connectivity index (χ0) is 13.8. The summed E-state index contributed by atoms with van der Waals surface area (Å²) in [5, 5.41) is 9.35. The van der Waals surface area contributed by atoms with Crippen LogP contribution in [0.2, 0.25) is 0 Å². The van der Waals surface area contributed by atoms with Crippen LogP contribution >= 0.6 is 0 Å². The summed E-state index contributed by atoms with van der Waals surface area (Å²) in [6, 6.07) is 3.61. The molecule has 5 heteroatoms. The van der Waals surface area contributed by atoms with Crippen LogP contribution in [0.5, 0.6) is 0 Å². The molecule has 1 aliphatic heterocycles. The van der Waals surface area contributed by atoms with Crippen molar-refractivity contribution >= 4 is 5.91 Å². The number of rotatable bonds is 4. The average molecular weight is 266 g/mol. The number of furan rings is 1. The van der Waals surface area contributed by atoms with Gasteiger partial charge >= 0.3 is 0 Å². The van der Waals surface area contributed by atoms with Crippen molar-refractivity contribution < 1.29 is 14.3 Å². The number of hydrogen-bond acceptors (Lipinski definition) is 4. The predicted molar refractivity (Wildman–Crippen MR) is 72.1 cm³/mol. The second kappa shape index (κ2) is 6.21. The number of aryl methyl sites for hydroxylation is 1. The van der Waals surface area contributed by atoms with Gasteiger partial charge in [-0.15, -0.1) is 0 Å². The molecule has 0 unspecified atom stereocenters. The highest BCUT2D eigenvalue weighted by Gasteiger charge is 2.24. The fraction of sp³-hybridized carbons (Fsp3) is 0.643. The summed E-state index contributed by atoms with van der Waals surface area (Å²) in [5.74, 6) is 1.24. The van der Waals surface area contributed by atoms with E-state index in [1.165, 1.54) is 0 Å². The molecule has 1 N–H and O–H groups in total. The van der Waals surface area contributed by atoms with E-state index in [1.54, 1.807) is 13.0 Å². The third-order valence-electron chi connectivity index (χ3n) is 3.40. The fourth-order valence-electron chi connectivity index (χ4n) is 2.35. The molecule has 1 aliphatic rings. The number of aliphatic hydroxyl groups is 1. The smallest absolute Gasteiger partial charge is 0.289 e. The van der Waals surface area contributed by atoms with Crippen LogP contribution in [-0.4, -0.2) is 59.6 Å². The lowest BCUT2D eigenvalue weighted by Gasteiger charge is -2.34. The van der Waals surface area contributed by atoms with Gasteiger partial charge in [0.2, 0.25) is 0 Å². The van der Waals surface area contributed by atoms with Gasteiger partial charge < -0.3 is 14.4 Å². The molecule has 106 valence electrons. The van der Waals surface area contributed by atoms with Gasteiger partial charge in [-0.25, -0.2) is 0 Å². The molecule has 0 bridgehead atoms. The normalized spacial score (nSPS) is 18.6. The van der Waals surface area contributed by atoms with Crippen LogP contribution in [-0.2, 0) is 6.42 Å². The maximum absolute atomic E-state index is 12.2. The number of hydrogen-bond donors (Lipinski definition) is 1. The molecule has 1 aromatic rings. The Kier molecular flexibility index (Phi) is 4.61. The number of aliphatic hydroxyl groups excluding tert-OH is 1. The van der Waals surface area contributed by atoms with E-state index in [0.29, 0.717) is 25.4 Å². The minimum Gasteiger partial charge on any atom is -0.456 e. The first-order valence-corrected chi connectivity index (χ1v) is 6.88. The Morgan fingerprint density at radius 2 is 2.05 bits per heavy atom. The van der Waals surface area contributed by atoms with Gasteiger partial charge in [0.05, 0.1) is 6.10 Å². The zero-order valence-electron chi connectivity index (χ0n) is 11.6. The van der Waals surface area contributed by atoms with Gasteiger partial charge in [0.1, 0.15) is 5.76 Å². The van der Waals surface area contributed by atoms with E-state index in [0.717, 1.165) is 25.3 Å². The minimum absolute atomic E-state index is 0.0311. The number of nitrogens with zero attached hydrogens (tertiary/aromatic N) is 2. The molecule has 1 fully saturated rings. The average Bonchev–Trinajstić information content (AvgIpc) is 2.87. The second-order valence-corrected chi connectivity index (χ2v) is 5.06. The Labute approximate surface area is 113 Å². The topological polar surface area (TPSA) is 56.9 Å². The van der Waals surface area contributed by atoms with Gasteiger partial charge in [-0.2, -0.15) is 0 Å². The maximum Gasteiger partial charge on any atom is 0.289 e. The largest absolute Gasteiger partial charge is 0.456 e. The van der Waals surface area contributed by atoms with E-state index in [1.807, 2.05) is 17.9 Å². The Balaban J connectivity index is 1.88. The van der Waals surface area contributed by atoms with Crippen molar-refractivity contribution in [1.29, 1.82) is 0 Å². The number of amides is 1. The molecule has 1 atom stereocenters. The molecule has 0 radical (unpaired) electrons. The van der Waals surface area contributed by atoms with Crippen molar-refractivity contribution in [3.8, 4) is 0 Å². The number of piperazine rings is 1. The standard InChI is InChI=1S/C14H22N2O3/c1-3-12-4-5-13(19-12)14(18)16-8-6-15(7-9-16)10-11(2)17/h4-5,11,17H,3,6-10H2,1-2H3/t11-/m1/s1. The molecule has 0 aromatic carbocycles. The molecule has 1 aromatic heterocycles. The van der Waals surface area contributed by atoms with Crippen molar-refractivity contribution in [3.63, 3.8) is 0 Å². The summed E-state index contributed by atoms with van der Waals surface area (Å²) in [4.78, 5) is 16.2. The van der Waals surface area contributed by atoms with E-state index in [9.17, 15) is 9.90 Å². The van der Waals surface area contributed by atoms with Crippen molar-refractivity contribution in [1.82, 2.24) is 9.80 Å². The second-order valence-electron chi connectivity index (χ2n) is 5.06. The molecule has 19 heavy (non-hydrogen) atoms. The number of carbonyl (C=O) groups excluding carboxylic acids is 1. The van der Waals surface area contributed by atoms with E-state index in [-0.39, 0.29) is 12.0 Å². The first-order valence-electron chi connectivity index (χ1n) is 6.88. The zero-order valence-corrected chi connectivity index (χ0v) is 11.6. The van der Waals surface area contributed by atoms with E-state index < -0.39 is 0 Å². The maximum atomic E-state index is 12.2. The van der Waals surface area contributed by atoms with Crippen molar-refractivity contribution in [2.75, 3.05) is 32.7 Å². The number of β-amino-alcohol motifs (C(OH)–C–C–N with tert-alkyl or cyclic N) is 1. The molecular weight excluding hydrogens is 244 g/mol. The van der Waals surface area contributed by atoms with Gasteiger partial charge in [-0.3, -0.25) is 9.69 Å². The van der Waals surface area contributed by atoms with E-state index in [4.69, 9.17) is 4.42 Å². The summed E-state index contributed by atoms with van der Waals surface area (Å²) in [6.45, 7) is 7.44. The van der Waals surface area contributed by atoms with Crippen LogP contribution in [0.4, 0.5) is 0 Å². The van der Waals surface area contributed by atoms with Crippen LogP contribution < -0.4 is 0 Å². The summed E-state index contributed by atoms with van der Waals surface area (Å²) in [5.41, 5.74) is 0. The minimum atomic E-state index is -0.320. The summed E-state index contributed by atoms with van der Waals surface area (Å²) < 4.78 is 5.49. The first kappa shape index (κ1) is 14.1. The highest BCUT2D eigenvalue weighted by molar-refractivity contribution is 5.91. The first-order chi connectivity index (χ1) is 9.10. The monoisotopic (exact) mass is 266 g/mol. The Bertz CT molecular complexity index is 420. The third-order valence-corrected chi connectivity index (χ3v) is 3.40. The summed E-state index contributed by atoms with van der Waals surface area (Å²) >= 11 is 0. The molecule has 0 spiro atoms. The lowest BCUT2D eigenvalue weighted by molar-refractivity contribution is 0.0527. The Hall–Kier alpha value is -1.33. The molecule has 0 saturated carbocycles. The molecule has 1 saturated heterocycles. The SMILES string of the molecule is CCc1ccc(C(=O)N2CCN(C[C@@H](C)O)CC2)o1. The van der Waals surface area contributed by atoms with Gasteiger partial charge in [-0.05, 0) is 19.1 Å². The molecule has 2 rings (SSSR count). The van der Waals surface area contributed by atoms with Gasteiger partial charge in [0.25, 0.3) is 5.91 Å². The molecule has 5 nitrogen and oxygen atoms in total. The van der Waals surface area contributed by atoms with Crippen molar-refractivity contribution in [2.45, 2.75) is 26.4 Å². The van der Waals surface area contributed by atoms with Gasteiger partial charge in [0, 0.05) is 39.1 Å². The molecule has 2 heterocycles. The Morgan fingerprint density at radius 1 is 1.37 bits per heavy atom. The molecule has 1 amide bonds. The molecular formula is C14H22N2O3. The van der Waals surface area contributed by atoms with Crippen LogP contribution in [0.1, 0.15) is 30.2 Å². The Morgan fingerprint density at radius 3 is 2.58 bits per heavy atom. The quantitative estimate of drug-likeness (QED) is 0.882. The number of carbonyl (C=O) groups is 1. The van der Waals surface area contributed by atoms with Crippen LogP contribution in [0, 0.1) is 0 Å². The van der Waals surface area contributed by atoms with Crippen LogP contribution in [0.3, 0.4) is 0 Å². The van der Waals surface area contributed by atoms with Crippen LogP contribution in [0.25, 0.3) is 0 Å².